The Morgan fingerprint density at radius 3 is 2.80 bits per heavy atom. The summed E-state index contributed by atoms with van der Waals surface area (Å²) < 4.78 is 13.2. The lowest BCUT2D eigenvalue weighted by Crippen LogP contribution is -2.09. The second-order valence-electron chi connectivity index (χ2n) is 4.66. The van der Waals surface area contributed by atoms with Crippen LogP contribution >= 0.6 is 11.6 Å². The van der Waals surface area contributed by atoms with Crippen LogP contribution in [0.5, 0.6) is 0 Å². The average molecular weight is 294 g/mol. The first kappa shape index (κ1) is 14.7. The molecule has 1 unspecified atom stereocenters. The first-order valence-electron chi connectivity index (χ1n) is 6.64. The number of benzene rings is 1. The van der Waals surface area contributed by atoms with E-state index in [4.69, 9.17) is 11.6 Å². The van der Waals surface area contributed by atoms with E-state index in [1.807, 2.05) is 13.0 Å². The summed E-state index contributed by atoms with van der Waals surface area (Å²) in [6.45, 7) is 4.01. The lowest BCUT2D eigenvalue weighted by Gasteiger charge is -2.15. The van der Waals surface area contributed by atoms with Gasteiger partial charge in [-0.3, -0.25) is 0 Å². The Morgan fingerprint density at radius 2 is 2.10 bits per heavy atom. The van der Waals surface area contributed by atoms with E-state index < -0.39 is 0 Å². The topological polar surface area (TPSA) is 37.8 Å². The maximum absolute atomic E-state index is 13.2. The third kappa shape index (κ3) is 3.90. The molecule has 1 heterocycles. The first-order valence-corrected chi connectivity index (χ1v) is 7.01. The molecule has 20 heavy (non-hydrogen) atoms. The van der Waals surface area contributed by atoms with Crippen LogP contribution in [0.15, 0.2) is 30.3 Å². The lowest BCUT2D eigenvalue weighted by molar-refractivity contribution is 0.623. The summed E-state index contributed by atoms with van der Waals surface area (Å²) in [5.74, 6) is 1.13. The van der Waals surface area contributed by atoms with Crippen LogP contribution in [0.4, 0.5) is 10.2 Å². The number of hydrogen-bond acceptors (Lipinski definition) is 3. The van der Waals surface area contributed by atoms with Crippen LogP contribution < -0.4 is 5.32 Å². The van der Waals surface area contributed by atoms with E-state index >= 15 is 0 Å². The van der Waals surface area contributed by atoms with Crippen molar-refractivity contribution in [3.63, 3.8) is 0 Å². The van der Waals surface area contributed by atoms with E-state index in [9.17, 15) is 4.39 Å². The summed E-state index contributed by atoms with van der Waals surface area (Å²) in [5.41, 5.74) is 0.858. The number of halogens is 2. The molecule has 0 aliphatic rings. The van der Waals surface area contributed by atoms with Crippen molar-refractivity contribution in [1.82, 2.24) is 9.97 Å². The number of rotatable bonds is 5. The second-order valence-corrected chi connectivity index (χ2v) is 5.05. The zero-order valence-corrected chi connectivity index (χ0v) is 12.3. The summed E-state index contributed by atoms with van der Waals surface area (Å²) in [6, 6.07) is 8.11. The molecule has 5 heteroatoms. The molecule has 1 atom stereocenters. The average Bonchev–Trinajstić information content (AvgIpc) is 2.38. The number of nitrogens with one attached hydrogen (secondary N) is 1. The highest BCUT2D eigenvalue weighted by atomic mass is 35.5. The standard InChI is InChI=1S/C15H17ClFN3/c1-3-5-14-19-13(16)9-15(20-14)18-10(2)11-6-4-7-12(17)8-11/h4,6-10H,3,5H2,1-2H3,(H,18,19,20). The maximum Gasteiger partial charge on any atom is 0.134 e. The van der Waals surface area contributed by atoms with Crippen LogP contribution in [0.25, 0.3) is 0 Å². The fourth-order valence-corrected chi connectivity index (χ4v) is 2.16. The predicted molar refractivity (Wildman–Crippen MR) is 79.5 cm³/mol. The fraction of sp³-hybridized carbons (Fsp3) is 0.333. The monoisotopic (exact) mass is 293 g/mol. The number of aryl methyl sites for hydroxylation is 1. The van der Waals surface area contributed by atoms with Crippen LogP contribution in [0.1, 0.15) is 37.7 Å². The first-order chi connectivity index (χ1) is 9.58. The molecule has 0 aliphatic carbocycles. The van der Waals surface area contributed by atoms with Crippen LogP contribution in [0.3, 0.4) is 0 Å². The Morgan fingerprint density at radius 1 is 1.30 bits per heavy atom. The van der Waals surface area contributed by atoms with Gasteiger partial charge in [0.15, 0.2) is 0 Å². The van der Waals surface area contributed by atoms with Crippen LogP contribution in [0.2, 0.25) is 5.15 Å². The van der Waals surface area contributed by atoms with Crippen molar-refractivity contribution in [2.24, 2.45) is 0 Å². The molecule has 1 N–H and O–H groups in total. The Labute approximate surface area is 123 Å². The minimum atomic E-state index is -0.247. The molecule has 0 bridgehead atoms. The summed E-state index contributed by atoms with van der Waals surface area (Å²) >= 11 is 5.99. The molecule has 0 saturated heterocycles. The van der Waals surface area contributed by atoms with E-state index in [0.29, 0.717) is 16.8 Å². The molecule has 2 aromatic rings. The smallest absolute Gasteiger partial charge is 0.134 e. The van der Waals surface area contributed by atoms with Crippen molar-refractivity contribution in [2.45, 2.75) is 32.7 Å². The number of anilines is 1. The van der Waals surface area contributed by atoms with E-state index in [2.05, 4.69) is 22.2 Å². The highest BCUT2D eigenvalue weighted by molar-refractivity contribution is 6.29. The van der Waals surface area contributed by atoms with E-state index in [1.165, 1.54) is 12.1 Å². The van der Waals surface area contributed by atoms with Crippen molar-refractivity contribution in [3.8, 4) is 0 Å². The van der Waals surface area contributed by atoms with Gasteiger partial charge >= 0.3 is 0 Å². The summed E-state index contributed by atoms with van der Waals surface area (Å²) in [4.78, 5) is 8.58. The van der Waals surface area contributed by atoms with Crippen molar-refractivity contribution < 1.29 is 4.39 Å². The van der Waals surface area contributed by atoms with E-state index in [0.717, 1.165) is 18.4 Å². The van der Waals surface area contributed by atoms with Gasteiger partial charge in [0.1, 0.15) is 22.6 Å². The molecular weight excluding hydrogens is 277 g/mol. The second kappa shape index (κ2) is 6.66. The summed E-state index contributed by atoms with van der Waals surface area (Å²) in [7, 11) is 0. The predicted octanol–water partition coefficient (Wildman–Crippen LogP) is 4.39. The van der Waals surface area contributed by atoms with Gasteiger partial charge in [-0.2, -0.15) is 0 Å². The molecule has 3 nitrogen and oxygen atoms in total. The minimum absolute atomic E-state index is 0.0638. The van der Waals surface area contributed by atoms with Gasteiger partial charge < -0.3 is 5.32 Å². The number of hydrogen-bond donors (Lipinski definition) is 1. The minimum Gasteiger partial charge on any atom is -0.363 e. The summed E-state index contributed by atoms with van der Waals surface area (Å²) in [5, 5.41) is 3.64. The summed E-state index contributed by atoms with van der Waals surface area (Å²) in [6.07, 6.45) is 1.74. The van der Waals surface area contributed by atoms with Crippen LogP contribution in [-0.4, -0.2) is 9.97 Å². The van der Waals surface area contributed by atoms with Gasteiger partial charge in [0.25, 0.3) is 0 Å². The Bertz CT molecular complexity index is 589. The molecule has 0 saturated carbocycles. The van der Waals surface area contributed by atoms with E-state index in [-0.39, 0.29) is 11.9 Å². The Hall–Kier alpha value is -1.68. The van der Waals surface area contributed by atoms with Crippen LogP contribution in [0, 0.1) is 5.82 Å². The van der Waals surface area contributed by atoms with Crippen molar-refractivity contribution in [3.05, 3.63) is 52.7 Å². The van der Waals surface area contributed by atoms with Crippen molar-refractivity contribution in [1.29, 1.82) is 0 Å². The number of aromatic nitrogens is 2. The fourth-order valence-electron chi connectivity index (χ4n) is 1.96. The van der Waals surface area contributed by atoms with Gasteiger partial charge in [0.05, 0.1) is 6.04 Å². The van der Waals surface area contributed by atoms with Gasteiger partial charge in [-0.1, -0.05) is 30.7 Å². The van der Waals surface area contributed by atoms with Crippen molar-refractivity contribution in [2.75, 3.05) is 5.32 Å². The van der Waals surface area contributed by atoms with Gasteiger partial charge in [-0.25, -0.2) is 14.4 Å². The van der Waals surface area contributed by atoms with Gasteiger partial charge in [-0.15, -0.1) is 0 Å². The molecular formula is C15H17ClFN3. The third-order valence-corrected chi connectivity index (χ3v) is 3.12. The zero-order valence-electron chi connectivity index (χ0n) is 11.5. The molecule has 0 spiro atoms. The highest BCUT2D eigenvalue weighted by Crippen LogP contribution is 2.20. The highest BCUT2D eigenvalue weighted by Gasteiger charge is 2.09. The molecule has 106 valence electrons. The normalized spacial score (nSPS) is 12.2. The molecule has 0 fully saturated rings. The third-order valence-electron chi connectivity index (χ3n) is 2.93. The Kier molecular flexibility index (Phi) is 4.90. The molecule has 0 aliphatic heterocycles. The van der Waals surface area contributed by atoms with E-state index in [1.54, 1.807) is 12.1 Å². The molecule has 1 aromatic heterocycles. The zero-order chi connectivity index (χ0) is 14.5. The van der Waals surface area contributed by atoms with Gasteiger partial charge in [-0.05, 0) is 31.0 Å². The SMILES string of the molecule is CCCc1nc(Cl)cc(NC(C)c2cccc(F)c2)n1. The maximum atomic E-state index is 13.2. The molecule has 0 radical (unpaired) electrons. The molecule has 1 aromatic carbocycles. The number of nitrogens with zero attached hydrogens (tertiary/aromatic N) is 2. The largest absolute Gasteiger partial charge is 0.363 e. The quantitative estimate of drug-likeness (QED) is 0.831. The molecule has 2 rings (SSSR count). The van der Waals surface area contributed by atoms with Gasteiger partial charge in [0, 0.05) is 12.5 Å². The van der Waals surface area contributed by atoms with Crippen molar-refractivity contribution >= 4 is 17.4 Å². The lowest BCUT2D eigenvalue weighted by atomic mass is 10.1. The Balaban J connectivity index is 2.16. The molecule has 0 amide bonds. The van der Waals surface area contributed by atoms with Crippen LogP contribution in [-0.2, 0) is 6.42 Å². The van der Waals surface area contributed by atoms with Gasteiger partial charge in [0.2, 0.25) is 0 Å².